The molecule has 0 unspecified atom stereocenters. The minimum atomic E-state index is -0.334. The number of aromatic nitrogens is 3. The molecule has 4 aromatic rings. The number of pyridine rings is 1. The number of hydrogen-bond acceptors (Lipinski definition) is 6. The molecule has 7 heteroatoms. The van der Waals surface area contributed by atoms with E-state index in [0.29, 0.717) is 25.2 Å². The second-order valence-electron chi connectivity index (χ2n) is 6.14. The molecule has 0 atom stereocenters. The summed E-state index contributed by atoms with van der Waals surface area (Å²) in [5.74, 6) is 0.433. The summed E-state index contributed by atoms with van der Waals surface area (Å²) >= 11 is 0. The summed E-state index contributed by atoms with van der Waals surface area (Å²) in [5, 5.41) is 4.10. The van der Waals surface area contributed by atoms with E-state index in [4.69, 9.17) is 8.94 Å². The lowest BCUT2D eigenvalue weighted by Crippen LogP contribution is -2.26. The molecular weight excluding hydrogens is 332 g/mol. The Morgan fingerprint density at radius 3 is 2.81 bits per heavy atom. The van der Waals surface area contributed by atoms with Gasteiger partial charge in [0.2, 0.25) is 0 Å². The minimum Gasteiger partial charge on any atom is -0.408 e. The van der Waals surface area contributed by atoms with Crippen molar-refractivity contribution >= 4 is 11.1 Å². The first-order chi connectivity index (χ1) is 12.7. The van der Waals surface area contributed by atoms with Gasteiger partial charge in [-0.3, -0.25) is 14.5 Å². The van der Waals surface area contributed by atoms with Crippen molar-refractivity contribution in [3.05, 3.63) is 71.2 Å². The predicted octanol–water partition coefficient (Wildman–Crippen LogP) is 2.78. The third kappa shape index (κ3) is 3.29. The van der Waals surface area contributed by atoms with Crippen LogP contribution in [0.3, 0.4) is 0 Å². The molecule has 3 aromatic heterocycles. The number of para-hydroxylation sites is 2. The first-order valence-electron chi connectivity index (χ1n) is 8.33. The number of rotatable bonds is 6. The van der Waals surface area contributed by atoms with Crippen LogP contribution in [-0.2, 0) is 13.1 Å². The van der Waals surface area contributed by atoms with E-state index in [1.165, 1.54) is 0 Å². The van der Waals surface area contributed by atoms with Crippen LogP contribution in [0.25, 0.3) is 22.4 Å². The van der Waals surface area contributed by atoms with Crippen LogP contribution in [0, 0.1) is 0 Å². The molecule has 3 heterocycles. The van der Waals surface area contributed by atoms with Crippen LogP contribution in [0.1, 0.15) is 5.76 Å². The molecule has 26 heavy (non-hydrogen) atoms. The number of likely N-dealkylation sites (N-methyl/N-ethyl adjacent to an activating group) is 1. The van der Waals surface area contributed by atoms with E-state index in [1.54, 1.807) is 23.0 Å². The molecule has 7 nitrogen and oxygen atoms in total. The van der Waals surface area contributed by atoms with E-state index in [9.17, 15) is 4.79 Å². The van der Waals surface area contributed by atoms with Gasteiger partial charge in [0.1, 0.15) is 5.69 Å². The highest BCUT2D eigenvalue weighted by molar-refractivity contribution is 5.72. The lowest BCUT2D eigenvalue weighted by molar-refractivity contribution is 0.263. The predicted molar refractivity (Wildman–Crippen MR) is 96.5 cm³/mol. The van der Waals surface area contributed by atoms with Crippen molar-refractivity contribution in [3.8, 4) is 11.3 Å². The smallest absolute Gasteiger partial charge is 0.408 e. The van der Waals surface area contributed by atoms with Crippen molar-refractivity contribution in [2.24, 2.45) is 0 Å². The fraction of sp³-hybridized carbons (Fsp3) is 0.211. The van der Waals surface area contributed by atoms with E-state index in [0.717, 1.165) is 22.5 Å². The number of hydrogen-bond donors (Lipinski definition) is 0. The van der Waals surface area contributed by atoms with Gasteiger partial charge in [-0.1, -0.05) is 17.3 Å². The fourth-order valence-corrected chi connectivity index (χ4v) is 2.89. The number of benzene rings is 1. The molecule has 0 aliphatic heterocycles. The van der Waals surface area contributed by atoms with Gasteiger partial charge >= 0.3 is 5.76 Å². The van der Waals surface area contributed by atoms with Gasteiger partial charge in [0.05, 0.1) is 12.1 Å². The maximum atomic E-state index is 12.0. The molecule has 4 rings (SSSR count). The molecule has 0 amide bonds. The molecular formula is C19H18N4O3. The Bertz CT molecular complexity index is 1070. The molecule has 0 saturated heterocycles. The van der Waals surface area contributed by atoms with Gasteiger partial charge in [0.25, 0.3) is 0 Å². The Morgan fingerprint density at radius 2 is 1.96 bits per heavy atom. The van der Waals surface area contributed by atoms with Crippen LogP contribution in [0.15, 0.2) is 68.6 Å². The van der Waals surface area contributed by atoms with Crippen molar-refractivity contribution < 1.29 is 8.94 Å². The Labute approximate surface area is 149 Å². The van der Waals surface area contributed by atoms with Crippen LogP contribution in [0.2, 0.25) is 0 Å². The number of oxazole rings is 1. The fourth-order valence-electron chi connectivity index (χ4n) is 2.89. The average molecular weight is 350 g/mol. The van der Waals surface area contributed by atoms with Crippen molar-refractivity contribution in [2.45, 2.75) is 13.1 Å². The van der Waals surface area contributed by atoms with Crippen LogP contribution in [-0.4, -0.2) is 33.2 Å². The zero-order valence-corrected chi connectivity index (χ0v) is 14.3. The highest BCUT2D eigenvalue weighted by Gasteiger charge is 2.12. The summed E-state index contributed by atoms with van der Waals surface area (Å²) in [6, 6.07) is 13.1. The van der Waals surface area contributed by atoms with Gasteiger partial charge in [-0.05, 0) is 31.3 Å². The summed E-state index contributed by atoms with van der Waals surface area (Å²) in [6.45, 7) is 1.81. The maximum Gasteiger partial charge on any atom is 0.419 e. The second-order valence-corrected chi connectivity index (χ2v) is 6.14. The quantitative estimate of drug-likeness (QED) is 0.532. The normalized spacial score (nSPS) is 11.5. The number of nitrogens with zero attached hydrogens (tertiary/aromatic N) is 4. The Morgan fingerprint density at radius 1 is 1.15 bits per heavy atom. The van der Waals surface area contributed by atoms with E-state index in [2.05, 4.69) is 15.0 Å². The van der Waals surface area contributed by atoms with Gasteiger partial charge in [-0.2, -0.15) is 0 Å². The Kier molecular flexibility index (Phi) is 4.37. The molecule has 0 aliphatic carbocycles. The zero-order valence-electron chi connectivity index (χ0n) is 14.3. The maximum absolute atomic E-state index is 12.0. The molecule has 0 saturated carbocycles. The molecule has 0 bridgehead atoms. The Balaban J connectivity index is 1.41. The van der Waals surface area contributed by atoms with Crippen molar-refractivity contribution in [2.75, 3.05) is 13.6 Å². The topological polar surface area (TPSA) is 77.3 Å². The standard InChI is InChI=1S/C19H18N4O3/c1-22(10-11-23-17-4-2-3-5-18(17)25-19(23)24)13-15-12-16(21-26-15)14-6-8-20-9-7-14/h2-9,12H,10-11,13H2,1H3. The third-order valence-electron chi connectivity index (χ3n) is 4.24. The summed E-state index contributed by atoms with van der Waals surface area (Å²) < 4.78 is 12.3. The van der Waals surface area contributed by atoms with Gasteiger partial charge < -0.3 is 8.94 Å². The van der Waals surface area contributed by atoms with Crippen molar-refractivity contribution in [3.63, 3.8) is 0 Å². The molecule has 0 aliphatic rings. The van der Waals surface area contributed by atoms with E-state index >= 15 is 0 Å². The summed E-state index contributed by atoms with van der Waals surface area (Å²) in [5.41, 5.74) is 3.17. The summed E-state index contributed by atoms with van der Waals surface area (Å²) in [4.78, 5) is 18.1. The van der Waals surface area contributed by atoms with Crippen molar-refractivity contribution in [1.29, 1.82) is 0 Å². The summed E-state index contributed by atoms with van der Waals surface area (Å²) in [7, 11) is 1.97. The Hall–Kier alpha value is -3.19. The van der Waals surface area contributed by atoms with E-state index in [1.807, 2.05) is 43.4 Å². The van der Waals surface area contributed by atoms with E-state index in [-0.39, 0.29) is 5.76 Å². The molecule has 1 aromatic carbocycles. The van der Waals surface area contributed by atoms with E-state index < -0.39 is 0 Å². The lowest BCUT2D eigenvalue weighted by Gasteiger charge is -2.14. The zero-order chi connectivity index (χ0) is 17.9. The van der Waals surface area contributed by atoms with Gasteiger partial charge in [0.15, 0.2) is 11.3 Å². The SMILES string of the molecule is CN(CCn1c(=O)oc2ccccc21)Cc1cc(-c2ccncc2)no1. The van der Waals surface area contributed by atoms with Gasteiger partial charge in [-0.25, -0.2) is 4.79 Å². The second kappa shape index (κ2) is 6.97. The monoisotopic (exact) mass is 350 g/mol. The summed E-state index contributed by atoms with van der Waals surface area (Å²) in [6.07, 6.45) is 3.45. The van der Waals surface area contributed by atoms with Gasteiger partial charge in [-0.15, -0.1) is 0 Å². The highest BCUT2D eigenvalue weighted by Crippen LogP contribution is 2.18. The number of fused-ring (bicyclic) bond motifs is 1. The molecule has 0 radical (unpaired) electrons. The molecule has 132 valence electrons. The lowest BCUT2D eigenvalue weighted by atomic mass is 10.2. The van der Waals surface area contributed by atoms with Crippen LogP contribution < -0.4 is 5.76 Å². The molecule has 0 spiro atoms. The average Bonchev–Trinajstić information content (AvgIpc) is 3.24. The molecule has 0 N–H and O–H groups in total. The highest BCUT2D eigenvalue weighted by atomic mass is 16.5. The first kappa shape index (κ1) is 16.3. The molecule has 0 fully saturated rings. The van der Waals surface area contributed by atoms with Crippen LogP contribution in [0.4, 0.5) is 0 Å². The third-order valence-corrected chi connectivity index (χ3v) is 4.24. The van der Waals surface area contributed by atoms with Crippen LogP contribution in [0.5, 0.6) is 0 Å². The van der Waals surface area contributed by atoms with Crippen LogP contribution >= 0.6 is 0 Å². The largest absolute Gasteiger partial charge is 0.419 e. The minimum absolute atomic E-state index is 0.334. The van der Waals surface area contributed by atoms with Gasteiger partial charge in [0, 0.05) is 37.1 Å². The first-order valence-corrected chi connectivity index (χ1v) is 8.33. The van der Waals surface area contributed by atoms with Crippen molar-refractivity contribution in [1.82, 2.24) is 19.6 Å².